The molecule has 0 spiro atoms. The number of rotatable bonds is 5. The Morgan fingerprint density at radius 3 is 2.62 bits per heavy atom. The molecule has 3 aromatic heterocycles. The van der Waals surface area contributed by atoms with E-state index < -0.39 is 4.92 Å². The molecule has 0 aliphatic carbocycles. The molecule has 128 valence electrons. The molecule has 1 aromatic carbocycles. The quantitative estimate of drug-likeness (QED) is 0.304. The van der Waals surface area contributed by atoms with E-state index in [0.717, 1.165) is 10.6 Å². The predicted molar refractivity (Wildman–Crippen MR) is 96.7 cm³/mol. The number of fused-ring (bicyclic) bond motifs is 1. The van der Waals surface area contributed by atoms with Gasteiger partial charge in [0.25, 0.3) is 5.69 Å². The van der Waals surface area contributed by atoms with E-state index in [-0.39, 0.29) is 5.69 Å². The highest BCUT2D eigenvalue weighted by Crippen LogP contribution is 2.23. The lowest BCUT2D eigenvalue weighted by molar-refractivity contribution is -0.384. The molecule has 26 heavy (non-hydrogen) atoms. The average molecular weight is 364 g/mol. The normalized spacial score (nSPS) is 10.9. The maximum Gasteiger partial charge on any atom is 0.269 e. The van der Waals surface area contributed by atoms with Gasteiger partial charge in [-0.15, -0.1) is 10.2 Å². The number of non-ortho nitro benzene ring substituents is 1. The molecule has 4 rings (SSSR count). The van der Waals surface area contributed by atoms with Gasteiger partial charge in [0.15, 0.2) is 5.65 Å². The minimum Gasteiger partial charge on any atom is -0.258 e. The molecule has 0 aliphatic rings. The number of benzene rings is 1. The average Bonchev–Trinajstić information content (AvgIpc) is 3.10. The number of nitro groups is 1. The van der Waals surface area contributed by atoms with Gasteiger partial charge in [0.05, 0.1) is 4.92 Å². The van der Waals surface area contributed by atoms with E-state index >= 15 is 0 Å². The van der Waals surface area contributed by atoms with Gasteiger partial charge < -0.3 is 0 Å². The Kier molecular flexibility index (Phi) is 4.28. The van der Waals surface area contributed by atoms with E-state index in [0.29, 0.717) is 22.9 Å². The third-order valence-corrected chi connectivity index (χ3v) is 4.66. The minimum absolute atomic E-state index is 0.0859. The van der Waals surface area contributed by atoms with Gasteiger partial charge in [-0.3, -0.25) is 15.1 Å². The Morgan fingerprint density at radius 1 is 1.04 bits per heavy atom. The maximum atomic E-state index is 10.7. The van der Waals surface area contributed by atoms with Gasteiger partial charge in [0, 0.05) is 24.1 Å². The Balaban J connectivity index is 1.56. The molecule has 0 radical (unpaired) electrons. The van der Waals surface area contributed by atoms with Crippen LogP contribution in [-0.4, -0.2) is 29.7 Å². The molecule has 0 N–H and O–H groups in total. The fraction of sp³-hybridized carbons (Fsp3) is 0.0588. The highest BCUT2D eigenvalue weighted by molar-refractivity contribution is 7.98. The summed E-state index contributed by atoms with van der Waals surface area (Å²) in [5, 5.41) is 24.4. The fourth-order valence-corrected chi connectivity index (χ4v) is 3.19. The summed E-state index contributed by atoms with van der Waals surface area (Å²) < 4.78 is 1.67. The number of aromatic nitrogens is 5. The van der Waals surface area contributed by atoms with Gasteiger partial charge in [-0.2, -0.15) is 9.61 Å². The maximum absolute atomic E-state index is 10.7. The van der Waals surface area contributed by atoms with Crippen molar-refractivity contribution >= 4 is 23.1 Å². The number of nitro benzene ring substituents is 1. The fourth-order valence-electron chi connectivity index (χ4n) is 2.37. The molecule has 4 aromatic rings. The largest absolute Gasteiger partial charge is 0.269 e. The predicted octanol–water partition coefficient (Wildman–Crippen LogP) is 3.39. The molecule has 0 saturated carbocycles. The molecule has 8 nitrogen and oxygen atoms in total. The van der Waals surface area contributed by atoms with Crippen LogP contribution in [0.2, 0.25) is 0 Å². The van der Waals surface area contributed by atoms with Crippen LogP contribution in [0.4, 0.5) is 5.69 Å². The second-order valence-corrected chi connectivity index (χ2v) is 6.39. The van der Waals surface area contributed by atoms with Gasteiger partial charge in [-0.25, -0.2) is 0 Å². The molecule has 0 saturated heterocycles. The zero-order valence-corrected chi connectivity index (χ0v) is 14.2. The number of hydrogen-bond donors (Lipinski definition) is 0. The molecule has 0 fully saturated rings. The number of pyridine rings is 1. The Morgan fingerprint density at radius 2 is 1.88 bits per heavy atom. The van der Waals surface area contributed by atoms with E-state index in [9.17, 15) is 10.1 Å². The van der Waals surface area contributed by atoms with E-state index in [2.05, 4.69) is 20.3 Å². The van der Waals surface area contributed by atoms with Crippen LogP contribution in [0.3, 0.4) is 0 Å². The highest BCUT2D eigenvalue weighted by Gasteiger charge is 2.11. The van der Waals surface area contributed by atoms with Crippen molar-refractivity contribution in [2.45, 2.75) is 10.8 Å². The summed E-state index contributed by atoms with van der Waals surface area (Å²) in [6, 6.07) is 15.8. The zero-order valence-electron chi connectivity index (χ0n) is 13.4. The topological polar surface area (TPSA) is 99.1 Å². The van der Waals surface area contributed by atoms with E-state index in [4.69, 9.17) is 0 Å². The van der Waals surface area contributed by atoms with Gasteiger partial charge in [0.1, 0.15) is 10.7 Å². The van der Waals surface area contributed by atoms with Crippen molar-refractivity contribution in [3.05, 3.63) is 76.5 Å². The van der Waals surface area contributed by atoms with Crippen LogP contribution in [0.15, 0.2) is 65.8 Å². The Bertz CT molecular complexity index is 1070. The lowest BCUT2D eigenvalue weighted by Gasteiger charge is -2.03. The SMILES string of the molecule is O=[N+]([O-])c1ccc(CSc2ccc3nnc(-c4ccccn4)n3n2)cc1. The van der Waals surface area contributed by atoms with Crippen LogP contribution in [0, 0.1) is 10.1 Å². The number of nitrogens with zero attached hydrogens (tertiary/aromatic N) is 6. The lowest BCUT2D eigenvalue weighted by Crippen LogP contribution is -1.97. The first-order chi connectivity index (χ1) is 12.7. The monoisotopic (exact) mass is 364 g/mol. The van der Waals surface area contributed by atoms with E-state index in [1.165, 1.54) is 23.9 Å². The molecule has 0 atom stereocenters. The summed E-state index contributed by atoms with van der Waals surface area (Å²) in [6.07, 6.45) is 1.70. The first kappa shape index (κ1) is 16.2. The molecular weight excluding hydrogens is 352 g/mol. The summed E-state index contributed by atoms with van der Waals surface area (Å²) in [6.45, 7) is 0. The van der Waals surface area contributed by atoms with Crippen molar-refractivity contribution in [1.82, 2.24) is 24.8 Å². The van der Waals surface area contributed by atoms with Crippen molar-refractivity contribution in [2.75, 3.05) is 0 Å². The molecule has 0 aliphatic heterocycles. The van der Waals surface area contributed by atoms with Gasteiger partial charge in [-0.1, -0.05) is 30.0 Å². The molecule has 9 heteroatoms. The van der Waals surface area contributed by atoms with Crippen molar-refractivity contribution < 1.29 is 4.92 Å². The Labute approximate surface area is 152 Å². The van der Waals surface area contributed by atoms with Crippen LogP contribution in [0.5, 0.6) is 0 Å². The number of hydrogen-bond acceptors (Lipinski definition) is 7. The summed E-state index contributed by atoms with van der Waals surface area (Å²) in [7, 11) is 0. The van der Waals surface area contributed by atoms with Crippen LogP contribution in [0.25, 0.3) is 17.2 Å². The van der Waals surface area contributed by atoms with Gasteiger partial charge in [0.2, 0.25) is 5.82 Å². The van der Waals surface area contributed by atoms with Crippen molar-refractivity contribution in [3.63, 3.8) is 0 Å². The van der Waals surface area contributed by atoms with Gasteiger partial charge >= 0.3 is 0 Å². The first-order valence-corrected chi connectivity index (χ1v) is 8.69. The van der Waals surface area contributed by atoms with Crippen molar-refractivity contribution in [2.24, 2.45) is 0 Å². The number of thioether (sulfide) groups is 1. The smallest absolute Gasteiger partial charge is 0.258 e. The summed E-state index contributed by atoms with van der Waals surface area (Å²) >= 11 is 1.53. The second-order valence-electron chi connectivity index (χ2n) is 5.39. The zero-order chi connectivity index (χ0) is 17.9. The van der Waals surface area contributed by atoms with Crippen molar-refractivity contribution in [1.29, 1.82) is 0 Å². The molecule has 3 heterocycles. The first-order valence-electron chi connectivity index (χ1n) is 7.71. The van der Waals surface area contributed by atoms with Crippen LogP contribution < -0.4 is 0 Å². The summed E-state index contributed by atoms with van der Waals surface area (Å²) in [5.74, 6) is 1.23. The van der Waals surface area contributed by atoms with Crippen LogP contribution >= 0.6 is 11.8 Å². The molecule has 0 amide bonds. The summed E-state index contributed by atoms with van der Waals surface area (Å²) in [4.78, 5) is 14.6. The third-order valence-electron chi connectivity index (χ3n) is 3.67. The van der Waals surface area contributed by atoms with E-state index in [1.807, 2.05) is 30.3 Å². The molecular formula is C17H12N6O2S. The molecule has 0 bridgehead atoms. The third kappa shape index (κ3) is 3.24. The van der Waals surface area contributed by atoms with Crippen LogP contribution in [-0.2, 0) is 5.75 Å². The van der Waals surface area contributed by atoms with Crippen molar-refractivity contribution in [3.8, 4) is 11.5 Å². The van der Waals surface area contributed by atoms with Gasteiger partial charge in [-0.05, 0) is 29.8 Å². The second kappa shape index (κ2) is 6.89. The van der Waals surface area contributed by atoms with E-state index in [1.54, 1.807) is 22.8 Å². The lowest BCUT2D eigenvalue weighted by atomic mass is 10.2. The standard InChI is InChI=1S/C17H12N6O2S/c24-23(25)13-6-4-12(5-7-13)11-26-16-9-8-15-19-20-17(22(15)21-16)14-3-1-2-10-18-14/h1-10H,11H2. The Hall–Kier alpha value is -3.33. The minimum atomic E-state index is -0.405. The highest BCUT2D eigenvalue weighted by atomic mass is 32.2. The summed E-state index contributed by atoms with van der Waals surface area (Å²) in [5.41, 5.74) is 2.41. The van der Waals surface area contributed by atoms with Crippen LogP contribution in [0.1, 0.15) is 5.56 Å². The molecule has 0 unspecified atom stereocenters.